The van der Waals surface area contributed by atoms with Crippen molar-refractivity contribution in [3.05, 3.63) is 96.2 Å². The first-order valence-electron chi connectivity index (χ1n) is 10.1. The summed E-state index contributed by atoms with van der Waals surface area (Å²) in [7, 11) is 1.64. The number of methoxy groups -OCH3 is 1. The van der Waals surface area contributed by atoms with Gasteiger partial charge in [-0.3, -0.25) is 4.79 Å². The number of para-hydroxylation sites is 1. The number of pyridine rings is 1. The third kappa shape index (κ3) is 3.62. The standard InChI is InChI=1S/C26H21N3O2/c1-31-19-13-11-18(12-14-19)24-25-21(20-9-5-6-10-22(20)28-25)15-23(29-24)26(30)27-16-17-7-3-2-4-8-17/h2-15,28H,16H2,1H3,(H,27,30). The molecule has 0 atom stereocenters. The van der Waals surface area contributed by atoms with E-state index in [-0.39, 0.29) is 5.91 Å². The number of rotatable bonds is 5. The minimum atomic E-state index is -0.203. The average Bonchev–Trinajstić information content (AvgIpc) is 3.21. The summed E-state index contributed by atoms with van der Waals surface area (Å²) in [6.45, 7) is 0.450. The Hall–Kier alpha value is -4.12. The summed E-state index contributed by atoms with van der Waals surface area (Å²) in [5.41, 5.74) is 5.00. The maximum absolute atomic E-state index is 13.0. The van der Waals surface area contributed by atoms with Crippen molar-refractivity contribution in [1.82, 2.24) is 15.3 Å². The molecule has 0 unspecified atom stereocenters. The van der Waals surface area contributed by atoms with Gasteiger partial charge in [-0.05, 0) is 42.0 Å². The van der Waals surface area contributed by atoms with Gasteiger partial charge in [0.2, 0.25) is 0 Å². The first-order chi connectivity index (χ1) is 15.2. The zero-order valence-corrected chi connectivity index (χ0v) is 17.1. The van der Waals surface area contributed by atoms with Gasteiger partial charge >= 0.3 is 0 Å². The van der Waals surface area contributed by atoms with Crippen molar-refractivity contribution >= 4 is 27.7 Å². The number of ether oxygens (including phenoxy) is 1. The Bertz CT molecular complexity index is 1370. The van der Waals surface area contributed by atoms with E-state index in [0.29, 0.717) is 12.2 Å². The van der Waals surface area contributed by atoms with Crippen molar-refractivity contribution in [2.75, 3.05) is 7.11 Å². The maximum atomic E-state index is 13.0. The van der Waals surface area contributed by atoms with Crippen molar-refractivity contribution in [1.29, 1.82) is 0 Å². The zero-order chi connectivity index (χ0) is 21.2. The fraction of sp³-hybridized carbons (Fsp3) is 0.0769. The minimum Gasteiger partial charge on any atom is -0.497 e. The molecule has 2 heterocycles. The molecule has 0 saturated heterocycles. The summed E-state index contributed by atoms with van der Waals surface area (Å²) in [6, 6.07) is 27.5. The Kier molecular flexibility index (Phi) is 4.84. The van der Waals surface area contributed by atoms with E-state index in [1.165, 1.54) is 0 Å². The van der Waals surface area contributed by atoms with Crippen LogP contribution in [0.5, 0.6) is 5.75 Å². The lowest BCUT2D eigenvalue weighted by molar-refractivity contribution is 0.0946. The normalized spacial score (nSPS) is 11.0. The van der Waals surface area contributed by atoms with Gasteiger partial charge in [0, 0.05) is 28.4 Å². The van der Waals surface area contributed by atoms with Crippen LogP contribution in [0.3, 0.4) is 0 Å². The zero-order valence-electron chi connectivity index (χ0n) is 17.1. The van der Waals surface area contributed by atoms with E-state index in [4.69, 9.17) is 9.72 Å². The Labute approximate surface area is 179 Å². The summed E-state index contributed by atoms with van der Waals surface area (Å²) in [6.07, 6.45) is 0. The number of benzene rings is 3. The molecule has 5 heteroatoms. The minimum absolute atomic E-state index is 0.203. The van der Waals surface area contributed by atoms with Crippen LogP contribution >= 0.6 is 0 Å². The highest BCUT2D eigenvalue weighted by Gasteiger charge is 2.17. The van der Waals surface area contributed by atoms with Crippen molar-refractivity contribution < 1.29 is 9.53 Å². The largest absolute Gasteiger partial charge is 0.497 e. The molecule has 31 heavy (non-hydrogen) atoms. The molecule has 0 aliphatic carbocycles. The predicted molar refractivity (Wildman–Crippen MR) is 123 cm³/mol. The molecular weight excluding hydrogens is 386 g/mol. The first kappa shape index (κ1) is 18.9. The van der Waals surface area contributed by atoms with Crippen LogP contribution in [-0.2, 0) is 6.54 Å². The van der Waals surface area contributed by atoms with Gasteiger partial charge in [-0.2, -0.15) is 0 Å². The lowest BCUT2D eigenvalue weighted by Gasteiger charge is -2.09. The number of amides is 1. The van der Waals surface area contributed by atoms with E-state index < -0.39 is 0 Å². The fourth-order valence-corrected chi connectivity index (χ4v) is 3.79. The number of fused-ring (bicyclic) bond motifs is 3. The summed E-state index contributed by atoms with van der Waals surface area (Å²) in [5, 5.41) is 5.02. The van der Waals surface area contributed by atoms with Crippen LogP contribution in [0.2, 0.25) is 0 Å². The van der Waals surface area contributed by atoms with Crippen LogP contribution in [0, 0.1) is 0 Å². The number of aromatic nitrogens is 2. The molecule has 2 N–H and O–H groups in total. The number of carbonyl (C=O) groups excluding carboxylic acids is 1. The molecule has 5 aromatic rings. The Morgan fingerprint density at radius 3 is 2.45 bits per heavy atom. The number of hydrogen-bond acceptors (Lipinski definition) is 3. The van der Waals surface area contributed by atoms with Crippen LogP contribution < -0.4 is 10.1 Å². The second-order valence-electron chi connectivity index (χ2n) is 7.35. The Balaban J connectivity index is 1.61. The number of H-pyrrole nitrogens is 1. The third-order valence-corrected chi connectivity index (χ3v) is 5.39. The maximum Gasteiger partial charge on any atom is 0.270 e. The molecule has 0 saturated carbocycles. The molecule has 5 rings (SSSR count). The van der Waals surface area contributed by atoms with E-state index in [2.05, 4.69) is 16.4 Å². The van der Waals surface area contributed by atoms with E-state index in [0.717, 1.165) is 44.4 Å². The van der Waals surface area contributed by atoms with Crippen molar-refractivity contribution in [3.8, 4) is 17.0 Å². The second-order valence-corrected chi connectivity index (χ2v) is 7.35. The molecule has 1 amide bonds. The second kappa shape index (κ2) is 7.95. The molecule has 5 nitrogen and oxygen atoms in total. The highest BCUT2D eigenvalue weighted by atomic mass is 16.5. The SMILES string of the molecule is COc1ccc(-c2nc(C(=O)NCc3ccccc3)cc3c2[nH]c2ccccc23)cc1. The summed E-state index contributed by atoms with van der Waals surface area (Å²) < 4.78 is 5.28. The Morgan fingerprint density at radius 2 is 1.68 bits per heavy atom. The average molecular weight is 407 g/mol. The topological polar surface area (TPSA) is 67.0 Å². The molecule has 0 aliphatic heterocycles. The number of carbonyl (C=O) groups is 1. The van der Waals surface area contributed by atoms with Gasteiger partial charge in [0.1, 0.15) is 11.4 Å². The van der Waals surface area contributed by atoms with Crippen LogP contribution in [0.15, 0.2) is 84.9 Å². The van der Waals surface area contributed by atoms with Gasteiger partial charge in [0.15, 0.2) is 0 Å². The molecule has 3 aromatic carbocycles. The Morgan fingerprint density at radius 1 is 0.935 bits per heavy atom. The molecule has 152 valence electrons. The predicted octanol–water partition coefficient (Wildman–Crippen LogP) is 5.32. The van der Waals surface area contributed by atoms with Crippen molar-refractivity contribution in [2.45, 2.75) is 6.54 Å². The van der Waals surface area contributed by atoms with Crippen molar-refractivity contribution in [3.63, 3.8) is 0 Å². The van der Waals surface area contributed by atoms with Crippen LogP contribution in [0.1, 0.15) is 16.1 Å². The number of nitrogens with one attached hydrogen (secondary N) is 2. The van der Waals surface area contributed by atoms with E-state index in [1.54, 1.807) is 7.11 Å². The lowest BCUT2D eigenvalue weighted by atomic mass is 10.1. The van der Waals surface area contributed by atoms with Gasteiger partial charge in [0.05, 0.1) is 18.3 Å². The fourth-order valence-electron chi connectivity index (χ4n) is 3.79. The van der Waals surface area contributed by atoms with Gasteiger partial charge in [-0.25, -0.2) is 4.98 Å². The van der Waals surface area contributed by atoms with Gasteiger partial charge < -0.3 is 15.0 Å². The van der Waals surface area contributed by atoms with E-state index in [1.807, 2.05) is 78.9 Å². The lowest BCUT2D eigenvalue weighted by Crippen LogP contribution is -2.24. The number of nitrogens with zero attached hydrogens (tertiary/aromatic N) is 1. The molecule has 0 fully saturated rings. The van der Waals surface area contributed by atoms with Gasteiger partial charge in [0.25, 0.3) is 5.91 Å². The first-order valence-corrected chi connectivity index (χ1v) is 10.1. The number of hydrogen-bond donors (Lipinski definition) is 2. The van der Waals surface area contributed by atoms with Crippen molar-refractivity contribution in [2.24, 2.45) is 0 Å². The van der Waals surface area contributed by atoms with E-state index in [9.17, 15) is 4.79 Å². The monoisotopic (exact) mass is 407 g/mol. The summed E-state index contributed by atoms with van der Waals surface area (Å²) in [4.78, 5) is 21.2. The highest BCUT2D eigenvalue weighted by molar-refractivity contribution is 6.13. The third-order valence-electron chi connectivity index (χ3n) is 5.39. The summed E-state index contributed by atoms with van der Waals surface area (Å²) >= 11 is 0. The number of aromatic amines is 1. The van der Waals surface area contributed by atoms with E-state index >= 15 is 0 Å². The van der Waals surface area contributed by atoms with Crippen LogP contribution in [0.4, 0.5) is 0 Å². The summed E-state index contributed by atoms with van der Waals surface area (Å²) in [5.74, 6) is 0.569. The van der Waals surface area contributed by atoms with Gasteiger partial charge in [-0.1, -0.05) is 48.5 Å². The van der Waals surface area contributed by atoms with Crippen LogP contribution in [0.25, 0.3) is 33.1 Å². The molecule has 0 spiro atoms. The molecule has 0 aliphatic rings. The molecular formula is C26H21N3O2. The molecule has 0 radical (unpaired) electrons. The quantitative estimate of drug-likeness (QED) is 0.414. The molecule has 0 bridgehead atoms. The van der Waals surface area contributed by atoms with Gasteiger partial charge in [-0.15, -0.1) is 0 Å². The molecule has 2 aromatic heterocycles. The van der Waals surface area contributed by atoms with Crippen LogP contribution in [-0.4, -0.2) is 23.0 Å². The smallest absolute Gasteiger partial charge is 0.270 e. The highest BCUT2D eigenvalue weighted by Crippen LogP contribution is 2.33.